The van der Waals surface area contributed by atoms with Crippen LogP contribution in [0, 0.1) is 0 Å². The molecule has 1 aromatic heterocycles. The van der Waals surface area contributed by atoms with Crippen LogP contribution in [0.15, 0.2) is 6.20 Å². The van der Waals surface area contributed by atoms with Crippen LogP contribution in [-0.4, -0.2) is 38.3 Å². The minimum absolute atomic E-state index is 0.312. The highest BCUT2D eigenvalue weighted by Gasteiger charge is 2.20. The summed E-state index contributed by atoms with van der Waals surface area (Å²) in [5, 5.41) is 13.3. The van der Waals surface area contributed by atoms with Gasteiger partial charge in [0.1, 0.15) is 5.56 Å². The molecular weight excluding hydrogens is 242 g/mol. The Bertz CT molecular complexity index is 415. The van der Waals surface area contributed by atoms with E-state index in [9.17, 15) is 9.90 Å². The minimum Gasteiger partial charge on any atom is -0.478 e. The molecule has 5 nitrogen and oxygen atoms in total. The van der Waals surface area contributed by atoms with Gasteiger partial charge in [0.25, 0.3) is 0 Å². The lowest BCUT2D eigenvalue weighted by Crippen LogP contribution is -2.34. The van der Waals surface area contributed by atoms with Crippen LogP contribution in [-0.2, 0) is 13.6 Å². The van der Waals surface area contributed by atoms with Gasteiger partial charge in [-0.25, -0.2) is 4.79 Å². The standard InChI is InChI=1S/C14H25N3O2/c1-5-7-8-17(11(3)6-2)10-13-12(14(18)19)9-15-16(13)4/h9,11H,5-8,10H2,1-4H3,(H,18,19). The molecule has 0 saturated carbocycles. The topological polar surface area (TPSA) is 58.4 Å². The summed E-state index contributed by atoms with van der Waals surface area (Å²) in [6, 6.07) is 0.447. The molecule has 0 fully saturated rings. The number of aryl methyl sites for hydroxylation is 1. The molecule has 0 bridgehead atoms. The Kier molecular flexibility index (Phi) is 6.02. The predicted octanol–water partition coefficient (Wildman–Crippen LogP) is 2.52. The molecule has 0 radical (unpaired) electrons. The molecular formula is C14H25N3O2. The maximum Gasteiger partial charge on any atom is 0.339 e. The summed E-state index contributed by atoms with van der Waals surface area (Å²) in [5.41, 5.74) is 1.09. The van der Waals surface area contributed by atoms with Gasteiger partial charge in [-0.05, 0) is 26.3 Å². The van der Waals surface area contributed by atoms with Crippen LogP contribution in [0.5, 0.6) is 0 Å². The van der Waals surface area contributed by atoms with Crippen molar-refractivity contribution < 1.29 is 9.90 Å². The van der Waals surface area contributed by atoms with E-state index in [2.05, 4.69) is 30.8 Å². The Labute approximate surface area is 115 Å². The molecule has 0 aromatic carbocycles. The van der Waals surface area contributed by atoms with Gasteiger partial charge in [0, 0.05) is 19.6 Å². The van der Waals surface area contributed by atoms with Crippen molar-refractivity contribution in [2.75, 3.05) is 6.54 Å². The minimum atomic E-state index is -0.900. The molecule has 5 heteroatoms. The van der Waals surface area contributed by atoms with E-state index in [1.54, 1.807) is 11.7 Å². The molecule has 19 heavy (non-hydrogen) atoms. The molecule has 0 aliphatic heterocycles. The lowest BCUT2D eigenvalue weighted by molar-refractivity contribution is 0.0693. The summed E-state index contributed by atoms with van der Waals surface area (Å²) in [6.07, 6.45) is 4.77. The second-order valence-corrected chi connectivity index (χ2v) is 5.01. The number of carbonyl (C=O) groups is 1. The average molecular weight is 267 g/mol. The van der Waals surface area contributed by atoms with E-state index in [1.165, 1.54) is 6.20 Å². The SMILES string of the molecule is CCCCN(Cc1c(C(=O)O)cnn1C)C(C)CC. The van der Waals surface area contributed by atoms with Gasteiger partial charge < -0.3 is 5.11 Å². The van der Waals surface area contributed by atoms with Crippen LogP contribution in [0.3, 0.4) is 0 Å². The van der Waals surface area contributed by atoms with Crippen molar-refractivity contribution in [3.8, 4) is 0 Å². The number of unbranched alkanes of at least 4 members (excludes halogenated alkanes) is 1. The molecule has 1 unspecified atom stereocenters. The predicted molar refractivity (Wildman–Crippen MR) is 75.2 cm³/mol. The first-order chi connectivity index (χ1) is 9.01. The Balaban J connectivity index is 2.89. The molecule has 1 atom stereocenters. The zero-order valence-corrected chi connectivity index (χ0v) is 12.4. The summed E-state index contributed by atoms with van der Waals surface area (Å²) in [7, 11) is 1.80. The van der Waals surface area contributed by atoms with E-state index >= 15 is 0 Å². The molecule has 108 valence electrons. The van der Waals surface area contributed by atoms with E-state index in [4.69, 9.17) is 0 Å². The molecule has 0 spiro atoms. The van der Waals surface area contributed by atoms with E-state index in [-0.39, 0.29) is 0 Å². The number of carboxylic acids is 1. The van der Waals surface area contributed by atoms with Crippen LogP contribution in [0.1, 0.15) is 56.1 Å². The number of carboxylic acid groups (broad SMARTS) is 1. The molecule has 0 aliphatic rings. The third kappa shape index (κ3) is 4.06. The number of rotatable bonds is 8. The number of aromatic carboxylic acids is 1. The van der Waals surface area contributed by atoms with Gasteiger partial charge in [-0.15, -0.1) is 0 Å². The first-order valence-electron chi connectivity index (χ1n) is 6.99. The van der Waals surface area contributed by atoms with Crippen LogP contribution < -0.4 is 0 Å². The zero-order chi connectivity index (χ0) is 14.4. The Hall–Kier alpha value is -1.36. The highest BCUT2D eigenvalue weighted by Crippen LogP contribution is 2.15. The van der Waals surface area contributed by atoms with Gasteiger partial charge in [0.2, 0.25) is 0 Å². The molecule has 0 saturated heterocycles. The Morgan fingerprint density at radius 2 is 2.21 bits per heavy atom. The van der Waals surface area contributed by atoms with Crippen LogP contribution in [0.2, 0.25) is 0 Å². The van der Waals surface area contributed by atoms with Gasteiger partial charge in [-0.1, -0.05) is 20.3 Å². The quantitative estimate of drug-likeness (QED) is 0.786. The maximum atomic E-state index is 11.2. The normalized spacial score (nSPS) is 12.9. The molecule has 1 N–H and O–H groups in total. The van der Waals surface area contributed by atoms with Gasteiger partial charge in [0.05, 0.1) is 11.9 Å². The average Bonchev–Trinajstić information content (AvgIpc) is 2.75. The van der Waals surface area contributed by atoms with Crippen molar-refractivity contribution in [3.63, 3.8) is 0 Å². The van der Waals surface area contributed by atoms with E-state index in [0.717, 1.165) is 31.5 Å². The first-order valence-corrected chi connectivity index (χ1v) is 6.99. The number of hydrogen-bond donors (Lipinski definition) is 1. The maximum absolute atomic E-state index is 11.2. The zero-order valence-electron chi connectivity index (χ0n) is 12.4. The summed E-state index contributed by atoms with van der Waals surface area (Å²) < 4.78 is 1.67. The van der Waals surface area contributed by atoms with E-state index in [1.807, 2.05) is 0 Å². The van der Waals surface area contributed by atoms with Crippen LogP contribution >= 0.6 is 0 Å². The van der Waals surface area contributed by atoms with Crippen molar-refractivity contribution in [1.29, 1.82) is 0 Å². The van der Waals surface area contributed by atoms with Crippen LogP contribution in [0.25, 0.3) is 0 Å². The van der Waals surface area contributed by atoms with Crippen molar-refractivity contribution in [3.05, 3.63) is 17.5 Å². The van der Waals surface area contributed by atoms with Crippen molar-refractivity contribution in [1.82, 2.24) is 14.7 Å². The number of hydrogen-bond acceptors (Lipinski definition) is 3. The highest BCUT2D eigenvalue weighted by atomic mass is 16.4. The molecule has 0 amide bonds. The largest absolute Gasteiger partial charge is 0.478 e. The lowest BCUT2D eigenvalue weighted by atomic mass is 10.1. The highest BCUT2D eigenvalue weighted by molar-refractivity contribution is 5.88. The number of nitrogens with zero attached hydrogens (tertiary/aromatic N) is 3. The molecule has 1 aromatic rings. The number of aromatic nitrogens is 2. The fourth-order valence-corrected chi connectivity index (χ4v) is 2.10. The second kappa shape index (κ2) is 7.28. The third-order valence-corrected chi connectivity index (χ3v) is 3.66. The summed E-state index contributed by atoms with van der Waals surface area (Å²) in [5.74, 6) is -0.900. The van der Waals surface area contributed by atoms with E-state index in [0.29, 0.717) is 18.2 Å². The summed E-state index contributed by atoms with van der Waals surface area (Å²) >= 11 is 0. The molecule has 0 aliphatic carbocycles. The fourth-order valence-electron chi connectivity index (χ4n) is 2.10. The Morgan fingerprint density at radius 1 is 1.53 bits per heavy atom. The molecule has 1 heterocycles. The third-order valence-electron chi connectivity index (χ3n) is 3.66. The van der Waals surface area contributed by atoms with Gasteiger partial charge in [-0.3, -0.25) is 9.58 Å². The smallest absolute Gasteiger partial charge is 0.339 e. The first kappa shape index (κ1) is 15.7. The van der Waals surface area contributed by atoms with Crippen LogP contribution in [0.4, 0.5) is 0 Å². The summed E-state index contributed by atoms with van der Waals surface area (Å²) in [4.78, 5) is 13.5. The lowest BCUT2D eigenvalue weighted by Gasteiger charge is -2.28. The van der Waals surface area contributed by atoms with Gasteiger partial charge >= 0.3 is 5.97 Å². The summed E-state index contributed by atoms with van der Waals surface area (Å²) in [6.45, 7) is 8.15. The second-order valence-electron chi connectivity index (χ2n) is 5.01. The Morgan fingerprint density at radius 3 is 2.74 bits per heavy atom. The molecule has 1 rings (SSSR count). The monoisotopic (exact) mass is 267 g/mol. The fraction of sp³-hybridized carbons (Fsp3) is 0.714. The van der Waals surface area contributed by atoms with Gasteiger partial charge in [-0.2, -0.15) is 5.10 Å². The van der Waals surface area contributed by atoms with Gasteiger partial charge in [0.15, 0.2) is 0 Å². The van der Waals surface area contributed by atoms with Crippen molar-refractivity contribution in [2.45, 2.75) is 52.6 Å². The van der Waals surface area contributed by atoms with E-state index < -0.39 is 5.97 Å². The van der Waals surface area contributed by atoms with Crippen molar-refractivity contribution >= 4 is 5.97 Å². The van der Waals surface area contributed by atoms with Crippen molar-refractivity contribution in [2.24, 2.45) is 7.05 Å².